The fraction of sp³-hybridized carbons (Fsp3) is 0.722. The SMILES string of the molecule is CCNCc1ccc(CN2CCC[C@H]3CCCC[C@H]32)nc1. The second-order valence-corrected chi connectivity index (χ2v) is 6.66. The van der Waals surface area contributed by atoms with Gasteiger partial charge in [-0.05, 0) is 56.3 Å². The van der Waals surface area contributed by atoms with Crippen molar-refractivity contribution in [3.63, 3.8) is 0 Å². The van der Waals surface area contributed by atoms with Gasteiger partial charge in [-0.15, -0.1) is 0 Å². The maximum Gasteiger partial charge on any atom is 0.0544 e. The molecule has 2 heterocycles. The molecule has 1 aliphatic carbocycles. The number of hydrogen-bond donors (Lipinski definition) is 1. The van der Waals surface area contributed by atoms with E-state index in [0.717, 1.165) is 31.6 Å². The van der Waals surface area contributed by atoms with E-state index in [0.29, 0.717) is 0 Å². The minimum atomic E-state index is 0.829. The van der Waals surface area contributed by atoms with Crippen molar-refractivity contribution in [2.24, 2.45) is 5.92 Å². The van der Waals surface area contributed by atoms with Crippen LogP contribution in [0.4, 0.5) is 0 Å². The summed E-state index contributed by atoms with van der Waals surface area (Å²) in [5.74, 6) is 0.959. The van der Waals surface area contributed by atoms with E-state index >= 15 is 0 Å². The molecule has 2 atom stereocenters. The van der Waals surface area contributed by atoms with Crippen LogP contribution < -0.4 is 5.32 Å². The fourth-order valence-corrected chi connectivity index (χ4v) is 4.05. The molecule has 1 saturated carbocycles. The quantitative estimate of drug-likeness (QED) is 0.900. The van der Waals surface area contributed by atoms with Gasteiger partial charge in [0.15, 0.2) is 0 Å². The number of pyridine rings is 1. The molecular weight excluding hydrogens is 258 g/mol. The number of fused-ring (bicyclic) bond motifs is 1. The van der Waals surface area contributed by atoms with Gasteiger partial charge in [0.05, 0.1) is 5.69 Å². The van der Waals surface area contributed by atoms with Crippen LogP contribution in [0, 0.1) is 5.92 Å². The average Bonchev–Trinajstić information content (AvgIpc) is 2.55. The number of piperidine rings is 1. The Hall–Kier alpha value is -0.930. The molecule has 21 heavy (non-hydrogen) atoms. The zero-order chi connectivity index (χ0) is 14.5. The number of hydrogen-bond acceptors (Lipinski definition) is 3. The van der Waals surface area contributed by atoms with Gasteiger partial charge in [-0.3, -0.25) is 9.88 Å². The summed E-state index contributed by atoms with van der Waals surface area (Å²) in [6.07, 6.45) is 10.6. The highest BCUT2D eigenvalue weighted by Gasteiger charge is 2.33. The van der Waals surface area contributed by atoms with Crippen molar-refractivity contribution in [2.75, 3.05) is 13.1 Å². The lowest BCUT2D eigenvalue weighted by atomic mass is 9.78. The van der Waals surface area contributed by atoms with Crippen LogP contribution in [0.3, 0.4) is 0 Å². The van der Waals surface area contributed by atoms with E-state index in [9.17, 15) is 0 Å². The number of nitrogens with one attached hydrogen (secondary N) is 1. The number of rotatable bonds is 5. The van der Waals surface area contributed by atoms with Gasteiger partial charge in [-0.1, -0.05) is 25.8 Å². The van der Waals surface area contributed by atoms with Crippen LogP contribution in [-0.4, -0.2) is 29.0 Å². The average molecular weight is 287 g/mol. The van der Waals surface area contributed by atoms with Crippen LogP contribution in [0.2, 0.25) is 0 Å². The molecule has 0 aromatic carbocycles. The van der Waals surface area contributed by atoms with E-state index in [-0.39, 0.29) is 0 Å². The maximum absolute atomic E-state index is 4.68. The Morgan fingerprint density at radius 3 is 2.86 bits per heavy atom. The predicted molar refractivity (Wildman–Crippen MR) is 87.0 cm³/mol. The lowest BCUT2D eigenvalue weighted by Gasteiger charge is -2.44. The molecule has 2 aliphatic rings. The summed E-state index contributed by atoms with van der Waals surface area (Å²) in [5, 5.41) is 3.35. The lowest BCUT2D eigenvalue weighted by Crippen LogP contribution is -2.46. The predicted octanol–water partition coefficient (Wildman–Crippen LogP) is 3.35. The Morgan fingerprint density at radius 1 is 1.19 bits per heavy atom. The van der Waals surface area contributed by atoms with Crippen LogP contribution in [0.15, 0.2) is 18.3 Å². The van der Waals surface area contributed by atoms with Gasteiger partial charge in [0.2, 0.25) is 0 Å². The Kier molecular flexibility index (Phi) is 5.26. The molecule has 3 rings (SSSR count). The van der Waals surface area contributed by atoms with E-state index in [1.54, 1.807) is 0 Å². The molecule has 0 spiro atoms. The van der Waals surface area contributed by atoms with Gasteiger partial charge in [-0.2, -0.15) is 0 Å². The summed E-state index contributed by atoms with van der Waals surface area (Å²) in [5.41, 5.74) is 2.52. The highest BCUT2D eigenvalue weighted by molar-refractivity contribution is 5.14. The molecule has 1 aromatic heterocycles. The van der Waals surface area contributed by atoms with Crippen molar-refractivity contribution in [1.29, 1.82) is 0 Å². The minimum Gasteiger partial charge on any atom is -0.313 e. The van der Waals surface area contributed by atoms with E-state index in [1.165, 1.54) is 56.3 Å². The summed E-state index contributed by atoms with van der Waals surface area (Å²) in [6, 6.07) is 5.28. The zero-order valence-corrected chi connectivity index (χ0v) is 13.4. The molecule has 0 amide bonds. The second-order valence-electron chi connectivity index (χ2n) is 6.66. The molecule has 0 unspecified atom stereocenters. The largest absolute Gasteiger partial charge is 0.313 e. The van der Waals surface area contributed by atoms with Crippen molar-refractivity contribution in [1.82, 2.24) is 15.2 Å². The van der Waals surface area contributed by atoms with Crippen LogP contribution in [-0.2, 0) is 13.1 Å². The molecule has 1 N–H and O–H groups in total. The van der Waals surface area contributed by atoms with Gasteiger partial charge < -0.3 is 5.32 Å². The highest BCUT2D eigenvalue weighted by atomic mass is 15.2. The van der Waals surface area contributed by atoms with Crippen LogP contribution in [0.1, 0.15) is 56.7 Å². The Bertz CT molecular complexity index is 427. The molecule has 1 saturated heterocycles. The molecule has 3 heteroatoms. The Morgan fingerprint density at radius 2 is 2.05 bits per heavy atom. The molecule has 1 aromatic rings. The van der Waals surface area contributed by atoms with Crippen molar-refractivity contribution in [2.45, 2.75) is 64.6 Å². The van der Waals surface area contributed by atoms with E-state index < -0.39 is 0 Å². The summed E-state index contributed by atoms with van der Waals surface area (Å²) in [4.78, 5) is 7.39. The first kappa shape index (κ1) is 15.0. The smallest absolute Gasteiger partial charge is 0.0544 e. The summed E-state index contributed by atoms with van der Waals surface area (Å²) in [7, 11) is 0. The first-order valence-corrected chi connectivity index (χ1v) is 8.75. The third-order valence-electron chi connectivity index (χ3n) is 5.19. The van der Waals surface area contributed by atoms with Crippen molar-refractivity contribution < 1.29 is 0 Å². The first-order chi connectivity index (χ1) is 10.4. The number of likely N-dealkylation sites (tertiary alicyclic amines) is 1. The van der Waals surface area contributed by atoms with Gasteiger partial charge in [0, 0.05) is 25.3 Å². The standard InChI is InChI=1S/C18H29N3/c1-2-19-12-15-9-10-17(20-13-15)14-21-11-5-7-16-6-3-4-8-18(16)21/h9-10,13,16,18-19H,2-8,11-12,14H2,1H3/t16-,18-/m1/s1. The molecule has 116 valence electrons. The van der Waals surface area contributed by atoms with Crippen LogP contribution >= 0.6 is 0 Å². The normalized spacial score (nSPS) is 26.5. The van der Waals surface area contributed by atoms with Gasteiger partial charge in [0.1, 0.15) is 0 Å². The first-order valence-electron chi connectivity index (χ1n) is 8.75. The van der Waals surface area contributed by atoms with Crippen molar-refractivity contribution in [3.8, 4) is 0 Å². The van der Waals surface area contributed by atoms with Crippen LogP contribution in [0.5, 0.6) is 0 Å². The molecule has 2 fully saturated rings. The van der Waals surface area contributed by atoms with E-state index in [2.05, 4.69) is 34.3 Å². The fourth-order valence-electron chi connectivity index (χ4n) is 4.05. The number of aromatic nitrogens is 1. The van der Waals surface area contributed by atoms with Crippen molar-refractivity contribution in [3.05, 3.63) is 29.6 Å². The van der Waals surface area contributed by atoms with Crippen molar-refractivity contribution >= 4 is 0 Å². The molecule has 1 aliphatic heterocycles. The maximum atomic E-state index is 4.68. The molecular formula is C18H29N3. The summed E-state index contributed by atoms with van der Waals surface area (Å²) >= 11 is 0. The zero-order valence-electron chi connectivity index (χ0n) is 13.4. The molecule has 0 bridgehead atoms. The second kappa shape index (κ2) is 7.37. The molecule has 0 radical (unpaired) electrons. The van der Waals surface area contributed by atoms with E-state index in [1.807, 2.05) is 6.20 Å². The Balaban J connectivity index is 1.59. The van der Waals surface area contributed by atoms with Gasteiger partial charge in [-0.25, -0.2) is 0 Å². The van der Waals surface area contributed by atoms with E-state index in [4.69, 9.17) is 0 Å². The van der Waals surface area contributed by atoms with Crippen LogP contribution in [0.25, 0.3) is 0 Å². The minimum absolute atomic E-state index is 0.829. The summed E-state index contributed by atoms with van der Waals surface area (Å²) in [6.45, 7) is 6.39. The topological polar surface area (TPSA) is 28.2 Å². The van der Waals surface area contributed by atoms with Gasteiger partial charge in [0.25, 0.3) is 0 Å². The third kappa shape index (κ3) is 3.83. The van der Waals surface area contributed by atoms with Gasteiger partial charge >= 0.3 is 0 Å². The number of nitrogens with zero attached hydrogens (tertiary/aromatic N) is 2. The summed E-state index contributed by atoms with van der Waals surface area (Å²) < 4.78 is 0. The lowest BCUT2D eigenvalue weighted by molar-refractivity contribution is 0.0537. The third-order valence-corrected chi connectivity index (χ3v) is 5.19. The Labute approximate surface area is 129 Å². The monoisotopic (exact) mass is 287 g/mol. The highest BCUT2D eigenvalue weighted by Crippen LogP contribution is 2.35. The molecule has 3 nitrogen and oxygen atoms in total.